The van der Waals surface area contributed by atoms with Crippen LogP contribution in [0.2, 0.25) is 0 Å². The lowest BCUT2D eigenvalue weighted by molar-refractivity contribution is -0.124. The van der Waals surface area contributed by atoms with Crippen molar-refractivity contribution in [2.24, 2.45) is 28.0 Å². The van der Waals surface area contributed by atoms with Gasteiger partial charge in [-0.15, -0.1) is 0 Å². The Balaban J connectivity index is 1.69. The monoisotopic (exact) mass is 374 g/mol. The summed E-state index contributed by atoms with van der Waals surface area (Å²) in [6.07, 6.45) is 5.08. The van der Waals surface area contributed by atoms with Gasteiger partial charge in [0.05, 0.1) is 5.84 Å². The molecule has 0 spiro atoms. The number of hydrogen-bond acceptors (Lipinski definition) is 3. The smallest absolute Gasteiger partial charge is 0.171 e. The minimum atomic E-state index is -1.02. The molecule has 1 aliphatic carbocycles. The zero-order chi connectivity index (χ0) is 19.8. The van der Waals surface area contributed by atoms with E-state index in [1.54, 1.807) is 0 Å². The van der Waals surface area contributed by atoms with Crippen LogP contribution >= 0.6 is 0 Å². The van der Waals surface area contributed by atoms with E-state index in [2.05, 4.69) is 13.8 Å². The van der Waals surface area contributed by atoms with Crippen molar-refractivity contribution in [3.05, 3.63) is 71.8 Å². The fraction of sp³-hybridized carbons (Fsp3) is 0.440. The normalized spacial score (nSPS) is 28.6. The summed E-state index contributed by atoms with van der Waals surface area (Å²) in [5.41, 5.74) is 7.76. The Kier molecular flexibility index (Phi) is 4.86. The molecule has 3 nitrogen and oxygen atoms in total. The van der Waals surface area contributed by atoms with Gasteiger partial charge in [-0.2, -0.15) is 0 Å². The minimum Gasteiger partial charge on any atom is -0.387 e. The number of aliphatic imine (C=N–C) groups is 1. The number of ketones is 1. The minimum absolute atomic E-state index is 0.0595. The molecule has 3 heteroatoms. The SMILES string of the molecule is CC[C@]1(CCC2CC(=O)C(c3ccccc3)(c3ccccc3)N=C2N)CC1C. The number of Topliss-reactive ketones (excluding diaryl/α,β-unsaturated/α-hetero) is 1. The highest BCUT2D eigenvalue weighted by molar-refractivity contribution is 6.02. The highest BCUT2D eigenvalue weighted by Crippen LogP contribution is 2.58. The van der Waals surface area contributed by atoms with Crippen LogP contribution in [-0.2, 0) is 10.3 Å². The van der Waals surface area contributed by atoms with Crippen molar-refractivity contribution >= 4 is 11.6 Å². The van der Waals surface area contributed by atoms with Gasteiger partial charge in [-0.1, -0.05) is 80.9 Å². The van der Waals surface area contributed by atoms with Crippen LogP contribution in [0.1, 0.15) is 57.1 Å². The maximum atomic E-state index is 13.6. The van der Waals surface area contributed by atoms with Crippen molar-refractivity contribution in [1.29, 1.82) is 0 Å². The maximum Gasteiger partial charge on any atom is 0.171 e. The first kappa shape index (κ1) is 18.9. The molecule has 0 radical (unpaired) electrons. The van der Waals surface area contributed by atoms with Crippen molar-refractivity contribution in [3.8, 4) is 0 Å². The molecule has 4 rings (SSSR count). The molecule has 1 saturated carbocycles. The summed E-state index contributed by atoms with van der Waals surface area (Å²) in [6.45, 7) is 4.62. The molecule has 2 aromatic rings. The van der Waals surface area contributed by atoms with E-state index in [9.17, 15) is 4.79 Å². The topological polar surface area (TPSA) is 55.5 Å². The van der Waals surface area contributed by atoms with E-state index in [-0.39, 0.29) is 11.7 Å². The number of benzene rings is 2. The third-order valence-electron chi connectivity index (χ3n) is 7.23. The van der Waals surface area contributed by atoms with Crippen LogP contribution in [-0.4, -0.2) is 11.6 Å². The van der Waals surface area contributed by atoms with E-state index >= 15 is 0 Å². The van der Waals surface area contributed by atoms with Crippen LogP contribution in [0.25, 0.3) is 0 Å². The number of nitrogens with two attached hydrogens (primary N) is 1. The van der Waals surface area contributed by atoms with Crippen LogP contribution in [0.4, 0.5) is 0 Å². The lowest BCUT2D eigenvalue weighted by atomic mass is 9.73. The summed E-state index contributed by atoms with van der Waals surface area (Å²) < 4.78 is 0. The Morgan fingerprint density at radius 3 is 2.04 bits per heavy atom. The van der Waals surface area contributed by atoms with Gasteiger partial charge in [-0.05, 0) is 41.7 Å². The van der Waals surface area contributed by atoms with E-state index in [0.29, 0.717) is 17.7 Å². The largest absolute Gasteiger partial charge is 0.387 e. The first-order valence-corrected chi connectivity index (χ1v) is 10.5. The van der Waals surface area contributed by atoms with Gasteiger partial charge in [-0.25, -0.2) is 4.99 Å². The first-order chi connectivity index (χ1) is 13.5. The summed E-state index contributed by atoms with van der Waals surface area (Å²) in [7, 11) is 0. The van der Waals surface area contributed by atoms with Crippen LogP contribution in [0, 0.1) is 17.3 Å². The molecular formula is C25H30N2O. The molecule has 146 valence electrons. The van der Waals surface area contributed by atoms with Gasteiger partial charge in [0.1, 0.15) is 0 Å². The van der Waals surface area contributed by atoms with Crippen molar-refractivity contribution < 1.29 is 4.79 Å². The third-order valence-corrected chi connectivity index (χ3v) is 7.23. The molecule has 2 aromatic carbocycles. The van der Waals surface area contributed by atoms with E-state index in [0.717, 1.165) is 29.9 Å². The summed E-state index contributed by atoms with van der Waals surface area (Å²) in [5, 5.41) is 0. The lowest BCUT2D eigenvalue weighted by Gasteiger charge is -2.36. The summed E-state index contributed by atoms with van der Waals surface area (Å²) in [6, 6.07) is 19.7. The molecule has 1 heterocycles. The second-order valence-corrected chi connectivity index (χ2v) is 8.66. The summed E-state index contributed by atoms with van der Waals surface area (Å²) in [4.78, 5) is 18.5. The van der Waals surface area contributed by atoms with Gasteiger partial charge >= 0.3 is 0 Å². The highest BCUT2D eigenvalue weighted by atomic mass is 16.1. The van der Waals surface area contributed by atoms with Crippen molar-refractivity contribution in [3.63, 3.8) is 0 Å². The zero-order valence-electron chi connectivity index (χ0n) is 16.9. The zero-order valence-corrected chi connectivity index (χ0v) is 16.9. The molecule has 2 aliphatic rings. The van der Waals surface area contributed by atoms with Gasteiger partial charge in [0.2, 0.25) is 0 Å². The number of amidine groups is 1. The molecule has 2 unspecified atom stereocenters. The van der Waals surface area contributed by atoms with Crippen molar-refractivity contribution in [2.45, 2.75) is 51.5 Å². The van der Waals surface area contributed by atoms with Gasteiger partial charge in [0.15, 0.2) is 11.3 Å². The average molecular weight is 375 g/mol. The van der Waals surface area contributed by atoms with E-state index in [1.165, 1.54) is 12.8 Å². The van der Waals surface area contributed by atoms with Crippen molar-refractivity contribution in [2.75, 3.05) is 0 Å². The third kappa shape index (κ3) is 3.07. The molecule has 0 amide bonds. The molecule has 0 saturated heterocycles. The fourth-order valence-corrected chi connectivity index (χ4v) is 5.08. The standard InChI is InChI=1S/C25H30N2O/c1-3-24(17-18(24)2)15-14-19-16-22(28)25(27-23(19)26,20-10-6-4-7-11-20)21-12-8-5-9-13-21/h4-13,18-19H,3,14-17H2,1-2H3,(H2,26,27)/t18?,19?,24-/m0/s1. The number of rotatable bonds is 6. The van der Waals surface area contributed by atoms with Crippen LogP contribution < -0.4 is 5.73 Å². The molecule has 0 aromatic heterocycles. The molecule has 1 fully saturated rings. The van der Waals surface area contributed by atoms with E-state index in [1.807, 2.05) is 60.7 Å². The second-order valence-electron chi connectivity index (χ2n) is 8.66. The second kappa shape index (κ2) is 7.20. The lowest BCUT2D eigenvalue weighted by Crippen LogP contribution is -2.45. The first-order valence-electron chi connectivity index (χ1n) is 10.5. The van der Waals surface area contributed by atoms with Gasteiger partial charge in [0, 0.05) is 12.3 Å². The molecular weight excluding hydrogens is 344 g/mol. The van der Waals surface area contributed by atoms with Gasteiger partial charge in [-0.3, -0.25) is 4.79 Å². The Hall–Kier alpha value is -2.42. The van der Waals surface area contributed by atoms with Gasteiger partial charge < -0.3 is 5.73 Å². The quantitative estimate of drug-likeness (QED) is 0.765. The number of nitrogens with zero attached hydrogens (tertiary/aromatic N) is 1. The number of carbonyl (C=O) groups excluding carboxylic acids is 1. The Bertz CT molecular complexity index is 830. The predicted molar refractivity (Wildman–Crippen MR) is 114 cm³/mol. The van der Waals surface area contributed by atoms with Crippen molar-refractivity contribution in [1.82, 2.24) is 0 Å². The van der Waals surface area contributed by atoms with Crippen LogP contribution in [0.3, 0.4) is 0 Å². The van der Waals surface area contributed by atoms with Crippen LogP contribution in [0.15, 0.2) is 65.7 Å². The molecule has 3 atom stereocenters. The summed E-state index contributed by atoms with van der Waals surface area (Å²) in [5.74, 6) is 1.64. The highest BCUT2D eigenvalue weighted by Gasteiger charge is 2.50. The Labute approximate surface area is 168 Å². The Morgan fingerprint density at radius 1 is 1.04 bits per heavy atom. The van der Waals surface area contributed by atoms with E-state index < -0.39 is 5.54 Å². The predicted octanol–water partition coefficient (Wildman–Crippen LogP) is 5.09. The average Bonchev–Trinajstić information content (AvgIpc) is 3.39. The molecule has 0 bridgehead atoms. The molecule has 1 aliphatic heterocycles. The molecule has 2 N–H and O–H groups in total. The number of hydrogen-bond donors (Lipinski definition) is 1. The van der Waals surface area contributed by atoms with E-state index in [4.69, 9.17) is 10.7 Å². The fourth-order valence-electron chi connectivity index (χ4n) is 5.08. The Morgan fingerprint density at radius 2 is 1.57 bits per heavy atom. The maximum absolute atomic E-state index is 13.6. The molecule has 28 heavy (non-hydrogen) atoms. The summed E-state index contributed by atoms with van der Waals surface area (Å²) >= 11 is 0. The van der Waals surface area contributed by atoms with Crippen LogP contribution in [0.5, 0.6) is 0 Å². The number of carbonyl (C=O) groups is 1. The van der Waals surface area contributed by atoms with Gasteiger partial charge in [0.25, 0.3) is 0 Å².